The SMILES string of the molecule is CCS(=O)(=O)[C@@H]1C[C@@H](C(=O)O)N(C(=O)O)C1. The Labute approximate surface area is 92.6 Å². The zero-order valence-corrected chi connectivity index (χ0v) is 9.48. The van der Waals surface area contributed by atoms with Crippen molar-refractivity contribution in [1.82, 2.24) is 4.90 Å². The number of sulfone groups is 1. The fourth-order valence-corrected chi connectivity index (χ4v) is 3.07. The summed E-state index contributed by atoms with van der Waals surface area (Å²) in [6, 6.07) is -1.26. The highest BCUT2D eigenvalue weighted by Gasteiger charge is 2.44. The van der Waals surface area contributed by atoms with E-state index >= 15 is 0 Å². The molecule has 16 heavy (non-hydrogen) atoms. The van der Waals surface area contributed by atoms with Crippen molar-refractivity contribution in [2.45, 2.75) is 24.6 Å². The zero-order chi connectivity index (χ0) is 12.5. The van der Waals surface area contributed by atoms with Gasteiger partial charge in [-0.2, -0.15) is 0 Å². The molecule has 1 heterocycles. The van der Waals surface area contributed by atoms with Crippen LogP contribution in [0, 0.1) is 0 Å². The van der Waals surface area contributed by atoms with Crippen molar-refractivity contribution < 1.29 is 28.2 Å². The van der Waals surface area contributed by atoms with E-state index in [1.165, 1.54) is 6.92 Å². The topological polar surface area (TPSA) is 112 Å². The highest BCUT2D eigenvalue weighted by atomic mass is 32.2. The molecule has 0 saturated carbocycles. The molecular formula is C8H13NO6S. The van der Waals surface area contributed by atoms with Crippen molar-refractivity contribution >= 4 is 21.9 Å². The van der Waals surface area contributed by atoms with Crippen LogP contribution in [0.4, 0.5) is 4.79 Å². The standard InChI is InChI=1S/C8H13NO6S/c1-2-16(14,15)5-3-6(7(10)11)9(4-5)8(12)13/h5-6H,2-4H2,1H3,(H,10,11)(H,12,13)/t5-,6+/m1/s1. The highest BCUT2D eigenvalue weighted by molar-refractivity contribution is 7.92. The molecule has 2 atom stereocenters. The second-order valence-corrected chi connectivity index (χ2v) is 6.17. The van der Waals surface area contributed by atoms with Crippen LogP contribution < -0.4 is 0 Å². The lowest BCUT2D eigenvalue weighted by molar-refractivity contribution is -0.141. The molecule has 0 radical (unpaired) electrons. The van der Waals surface area contributed by atoms with Crippen molar-refractivity contribution in [2.75, 3.05) is 12.3 Å². The first-order valence-corrected chi connectivity index (χ1v) is 6.45. The average Bonchev–Trinajstić information content (AvgIpc) is 2.62. The summed E-state index contributed by atoms with van der Waals surface area (Å²) in [5, 5.41) is 16.6. The summed E-state index contributed by atoms with van der Waals surface area (Å²) in [5.74, 6) is -1.42. The monoisotopic (exact) mass is 251 g/mol. The lowest BCUT2D eigenvalue weighted by atomic mass is 10.2. The van der Waals surface area contributed by atoms with Gasteiger partial charge in [0.1, 0.15) is 6.04 Å². The molecule has 1 aliphatic heterocycles. The maximum Gasteiger partial charge on any atom is 0.408 e. The van der Waals surface area contributed by atoms with E-state index in [0.29, 0.717) is 4.90 Å². The number of hydrogen-bond acceptors (Lipinski definition) is 4. The molecule has 0 spiro atoms. The number of aliphatic carboxylic acids is 1. The van der Waals surface area contributed by atoms with Gasteiger partial charge in [0.15, 0.2) is 9.84 Å². The van der Waals surface area contributed by atoms with E-state index in [0.717, 1.165) is 0 Å². The largest absolute Gasteiger partial charge is 0.480 e. The molecule has 0 aromatic heterocycles. The molecule has 7 nitrogen and oxygen atoms in total. The number of hydrogen-bond donors (Lipinski definition) is 2. The molecule has 0 aromatic rings. The van der Waals surface area contributed by atoms with E-state index in [2.05, 4.69) is 0 Å². The van der Waals surface area contributed by atoms with Crippen molar-refractivity contribution in [3.05, 3.63) is 0 Å². The summed E-state index contributed by atoms with van der Waals surface area (Å²) in [6.07, 6.45) is -1.57. The minimum Gasteiger partial charge on any atom is -0.480 e. The van der Waals surface area contributed by atoms with Crippen LogP contribution in [-0.4, -0.2) is 59.2 Å². The number of amides is 1. The molecule has 1 rings (SSSR count). The number of carboxylic acid groups (broad SMARTS) is 2. The fraction of sp³-hybridized carbons (Fsp3) is 0.750. The Morgan fingerprint density at radius 2 is 1.94 bits per heavy atom. The zero-order valence-electron chi connectivity index (χ0n) is 8.66. The lowest BCUT2D eigenvalue weighted by Gasteiger charge is -2.16. The predicted octanol–water partition coefficient (Wildman–Crippen LogP) is -0.373. The third-order valence-electron chi connectivity index (χ3n) is 2.70. The Morgan fingerprint density at radius 3 is 2.25 bits per heavy atom. The fourth-order valence-electron chi connectivity index (χ4n) is 1.74. The van der Waals surface area contributed by atoms with Crippen LogP contribution >= 0.6 is 0 Å². The van der Waals surface area contributed by atoms with Crippen molar-refractivity contribution in [3.63, 3.8) is 0 Å². The molecule has 92 valence electrons. The van der Waals surface area contributed by atoms with Crippen molar-refractivity contribution in [3.8, 4) is 0 Å². The molecule has 2 N–H and O–H groups in total. The third kappa shape index (κ3) is 2.26. The van der Waals surface area contributed by atoms with E-state index in [-0.39, 0.29) is 18.7 Å². The van der Waals surface area contributed by atoms with Crippen LogP contribution in [0.25, 0.3) is 0 Å². The number of likely N-dealkylation sites (tertiary alicyclic amines) is 1. The number of nitrogens with zero attached hydrogens (tertiary/aromatic N) is 1. The third-order valence-corrected chi connectivity index (χ3v) is 4.87. The summed E-state index contributed by atoms with van der Waals surface area (Å²) in [4.78, 5) is 22.2. The van der Waals surface area contributed by atoms with Gasteiger partial charge in [0.05, 0.1) is 5.25 Å². The summed E-state index contributed by atoms with van der Waals surface area (Å²) >= 11 is 0. The Morgan fingerprint density at radius 1 is 1.38 bits per heavy atom. The molecular weight excluding hydrogens is 238 g/mol. The highest BCUT2D eigenvalue weighted by Crippen LogP contribution is 2.24. The van der Waals surface area contributed by atoms with E-state index in [1.807, 2.05) is 0 Å². The number of rotatable bonds is 3. The van der Waals surface area contributed by atoms with Gasteiger partial charge in [-0.1, -0.05) is 6.92 Å². The second-order valence-electron chi connectivity index (χ2n) is 3.60. The van der Waals surface area contributed by atoms with Gasteiger partial charge < -0.3 is 10.2 Å². The smallest absolute Gasteiger partial charge is 0.408 e. The molecule has 8 heteroatoms. The Hall–Kier alpha value is -1.31. The van der Waals surface area contributed by atoms with Gasteiger partial charge in [0, 0.05) is 12.3 Å². The van der Waals surface area contributed by atoms with E-state index in [4.69, 9.17) is 10.2 Å². The van der Waals surface area contributed by atoms with Gasteiger partial charge in [-0.15, -0.1) is 0 Å². The van der Waals surface area contributed by atoms with E-state index < -0.39 is 33.2 Å². The quantitative estimate of drug-likeness (QED) is 0.707. The minimum atomic E-state index is -3.40. The van der Waals surface area contributed by atoms with Crippen LogP contribution in [0.15, 0.2) is 0 Å². The molecule has 0 aliphatic carbocycles. The second kappa shape index (κ2) is 4.28. The Balaban J connectivity index is 2.93. The number of carboxylic acids is 1. The first-order valence-electron chi connectivity index (χ1n) is 4.73. The lowest BCUT2D eigenvalue weighted by Crippen LogP contribution is -2.39. The van der Waals surface area contributed by atoms with Gasteiger partial charge in [-0.25, -0.2) is 18.0 Å². The minimum absolute atomic E-state index is 0.114. The predicted molar refractivity (Wildman–Crippen MR) is 54.0 cm³/mol. The molecule has 1 amide bonds. The maximum absolute atomic E-state index is 11.5. The van der Waals surface area contributed by atoms with Crippen LogP contribution in [0.2, 0.25) is 0 Å². The summed E-state index contributed by atoms with van der Waals surface area (Å²) in [5.41, 5.74) is 0. The van der Waals surface area contributed by atoms with Gasteiger partial charge >= 0.3 is 12.1 Å². The maximum atomic E-state index is 11.5. The van der Waals surface area contributed by atoms with Gasteiger partial charge in [0.2, 0.25) is 0 Å². The normalized spacial score (nSPS) is 25.7. The summed E-state index contributed by atoms with van der Waals surface area (Å²) < 4.78 is 23.1. The van der Waals surface area contributed by atoms with Gasteiger partial charge in [-0.3, -0.25) is 4.90 Å². The van der Waals surface area contributed by atoms with Crippen LogP contribution in [0.5, 0.6) is 0 Å². The molecule has 1 aliphatic rings. The van der Waals surface area contributed by atoms with Gasteiger partial charge in [-0.05, 0) is 6.42 Å². The van der Waals surface area contributed by atoms with Crippen molar-refractivity contribution in [1.29, 1.82) is 0 Å². The van der Waals surface area contributed by atoms with Crippen LogP contribution in [-0.2, 0) is 14.6 Å². The molecule has 0 bridgehead atoms. The van der Waals surface area contributed by atoms with Crippen LogP contribution in [0.3, 0.4) is 0 Å². The van der Waals surface area contributed by atoms with Crippen molar-refractivity contribution in [2.24, 2.45) is 0 Å². The van der Waals surface area contributed by atoms with Gasteiger partial charge in [0.25, 0.3) is 0 Å². The van der Waals surface area contributed by atoms with Crippen LogP contribution in [0.1, 0.15) is 13.3 Å². The molecule has 1 saturated heterocycles. The number of carbonyl (C=O) groups is 2. The average molecular weight is 251 g/mol. The molecule has 1 fully saturated rings. The first-order chi connectivity index (χ1) is 7.29. The van der Waals surface area contributed by atoms with E-state index in [9.17, 15) is 18.0 Å². The Kier molecular flexibility index (Phi) is 3.41. The summed E-state index contributed by atoms with van der Waals surface area (Å²) in [6.45, 7) is 1.19. The molecule has 0 aromatic carbocycles. The Bertz CT molecular complexity index is 381. The first kappa shape index (κ1) is 12.8. The molecule has 0 unspecified atom stereocenters. The van der Waals surface area contributed by atoms with E-state index in [1.54, 1.807) is 0 Å². The summed E-state index contributed by atoms with van der Waals surface area (Å²) in [7, 11) is -3.40.